The van der Waals surface area contributed by atoms with Crippen molar-refractivity contribution in [2.45, 2.75) is 51.9 Å². The molecule has 0 radical (unpaired) electrons. The van der Waals surface area contributed by atoms with E-state index in [0.29, 0.717) is 19.4 Å². The summed E-state index contributed by atoms with van der Waals surface area (Å²) in [4.78, 5) is 12.1. The van der Waals surface area contributed by atoms with E-state index in [0.717, 1.165) is 24.0 Å². The van der Waals surface area contributed by atoms with E-state index in [1.54, 1.807) is 12.1 Å². The van der Waals surface area contributed by atoms with Gasteiger partial charge in [-0.15, -0.1) is 0 Å². The predicted molar refractivity (Wildman–Crippen MR) is 101 cm³/mol. The van der Waals surface area contributed by atoms with Crippen molar-refractivity contribution in [1.29, 1.82) is 0 Å². The Balaban J connectivity index is 2.21. The number of ether oxygens (including phenoxy) is 1. The van der Waals surface area contributed by atoms with Gasteiger partial charge in [0.1, 0.15) is 5.75 Å². The SMILES string of the molecule is CCCCOC(=O)CCC(C)(c1ccc(C)cc1)c1ccc(O)cc1. The van der Waals surface area contributed by atoms with Gasteiger partial charge < -0.3 is 9.84 Å². The number of esters is 1. The molecule has 1 unspecified atom stereocenters. The maximum atomic E-state index is 12.1. The molecule has 0 aliphatic heterocycles. The molecule has 0 aliphatic rings. The van der Waals surface area contributed by atoms with Gasteiger partial charge in [-0.05, 0) is 43.0 Å². The number of carbonyl (C=O) groups excluding carboxylic acids is 1. The average molecular weight is 340 g/mol. The van der Waals surface area contributed by atoms with Gasteiger partial charge in [0.05, 0.1) is 6.61 Å². The number of aryl methyl sites for hydroxylation is 1. The predicted octanol–water partition coefficient (Wildman–Crippen LogP) is 5.13. The zero-order valence-electron chi connectivity index (χ0n) is 15.4. The molecule has 0 aromatic heterocycles. The van der Waals surface area contributed by atoms with Crippen LogP contribution in [0.2, 0.25) is 0 Å². The Hall–Kier alpha value is -2.29. The smallest absolute Gasteiger partial charge is 0.305 e. The fourth-order valence-corrected chi connectivity index (χ4v) is 2.96. The van der Waals surface area contributed by atoms with Crippen LogP contribution in [-0.4, -0.2) is 17.7 Å². The molecule has 1 N–H and O–H groups in total. The van der Waals surface area contributed by atoms with Gasteiger partial charge >= 0.3 is 5.97 Å². The lowest BCUT2D eigenvalue weighted by Crippen LogP contribution is -2.25. The number of hydrogen-bond donors (Lipinski definition) is 1. The number of aromatic hydroxyl groups is 1. The second kappa shape index (κ2) is 8.70. The van der Waals surface area contributed by atoms with E-state index in [2.05, 4.69) is 45.0 Å². The van der Waals surface area contributed by atoms with E-state index in [9.17, 15) is 9.90 Å². The molecule has 2 aromatic rings. The topological polar surface area (TPSA) is 46.5 Å². The zero-order chi connectivity index (χ0) is 18.3. The molecule has 0 aliphatic carbocycles. The molecule has 2 aromatic carbocycles. The van der Waals surface area contributed by atoms with Crippen LogP contribution >= 0.6 is 0 Å². The van der Waals surface area contributed by atoms with Crippen LogP contribution in [0.25, 0.3) is 0 Å². The molecule has 25 heavy (non-hydrogen) atoms. The minimum absolute atomic E-state index is 0.148. The number of phenolic OH excluding ortho intramolecular Hbond substituents is 1. The third-order valence-electron chi connectivity index (χ3n) is 4.78. The first-order valence-corrected chi connectivity index (χ1v) is 8.98. The Kier molecular flexibility index (Phi) is 6.63. The molecule has 1 atom stereocenters. The first kappa shape index (κ1) is 19.0. The molecule has 3 nitrogen and oxygen atoms in total. The first-order chi connectivity index (χ1) is 12.0. The van der Waals surface area contributed by atoms with Gasteiger partial charge in [0.2, 0.25) is 0 Å². The number of carbonyl (C=O) groups is 1. The molecule has 0 saturated heterocycles. The largest absolute Gasteiger partial charge is 0.508 e. The summed E-state index contributed by atoms with van der Waals surface area (Å²) in [6, 6.07) is 15.7. The highest BCUT2D eigenvalue weighted by Gasteiger charge is 2.29. The van der Waals surface area contributed by atoms with Gasteiger partial charge in [-0.25, -0.2) is 0 Å². The number of unbranched alkanes of at least 4 members (excludes halogenated alkanes) is 1. The number of benzene rings is 2. The van der Waals surface area contributed by atoms with Crippen LogP contribution in [0.5, 0.6) is 5.75 Å². The lowest BCUT2D eigenvalue weighted by Gasteiger charge is -2.31. The van der Waals surface area contributed by atoms with Crippen LogP contribution in [0.4, 0.5) is 0 Å². The van der Waals surface area contributed by atoms with Gasteiger partial charge in [0, 0.05) is 11.8 Å². The van der Waals surface area contributed by atoms with Crippen LogP contribution in [0.1, 0.15) is 56.2 Å². The van der Waals surface area contributed by atoms with Gasteiger partial charge in [-0.1, -0.05) is 62.2 Å². The average Bonchev–Trinajstić information content (AvgIpc) is 2.61. The Bertz CT molecular complexity index is 626. The Morgan fingerprint density at radius 1 is 1.04 bits per heavy atom. The first-order valence-electron chi connectivity index (χ1n) is 8.98. The third-order valence-corrected chi connectivity index (χ3v) is 4.78. The van der Waals surface area contributed by atoms with E-state index in [4.69, 9.17) is 4.74 Å². The van der Waals surface area contributed by atoms with Crippen LogP contribution in [-0.2, 0) is 14.9 Å². The van der Waals surface area contributed by atoms with Gasteiger partial charge in [-0.3, -0.25) is 4.79 Å². The molecule has 0 fully saturated rings. The molecular formula is C22H28O3. The maximum absolute atomic E-state index is 12.1. The fourth-order valence-electron chi connectivity index (χ4n) is 2.96. The van der Waals surface area contributed by atoms with Crippen LogP contribution in [0, 0.1) is 6.92 Å². The molecule has 2 rings (SSSR count). The molecule has 3 heteroatoms. The molecule has 134 valence electrons. The molecular weight excluding hydrogens is 312 g/mol. The summed E-state index contributed by atoms with van der Waals surface area (Å²) in [6.07, 6.45) is 2.95. The fraction of sp³-hybridized carbons (Fsp3) is 0.409. The van der Waals surface area contributed by atoms with Crippen molar-refractivity contribution in [3.8, 4) is 5.75 Å². The summed E-state index contributed by atoms with van der Waals surface area (Å²) in [6.45, 7) is 6.78. The summed E-state index contributed by atoms with van der Waals surface area (Å²) < 4.78 is 5.31. The summed E-state index contributed by atoms with van der Waals surface area (Å²) in [5.41, 5.74) is 3.13. The molecule has 0 spiro atoms. The van der Waals surface area contributed by atoms with Crippen LogP contribution < -0.4 is 0 Å². The highest BCUT2D eigenvalue weighted by molar-refractivity contribution is 5.69. The van der Waals surface area contributed by atoms with Crippen molar-refractivity contribution in [3.05, 3.63) is 65.2 Å². The van der Waals surface area contributed by atoms with Crippen molar-refractivity contribution in [1.82, 2.24) is 0 Å². The minimum atomic E-state index is -0.314. The van der Waals surface area contributed by atoms with Crippen LogP contribution in [0.15, 0.2) is 48.5 Å². The summed E-state index contributed by atoms with van der Waals surface area (Å²) in [5, 5.41) is 9.59. The van der Waals surface area contributed by atoms with Crippen molar-refractivity contribution >= 4 is 5.97 Å². The summed E-state index contributed by atoms with van der Waals surface area (Å²) >= 11 is 0. The minimum Gasteiger partial charge on any atom is -0.508 e. The van der Waals surface area contributed by atoms with Crippen molar-refractivity contribution in [3.63, 3.8) is 0 Å². The molecule has 0 heterocycles. The second-order valence-electron chi connectivity index (χ2n) is 6.82. The molecule has 0 saturated carbocycles. The van der Waals surface area contributed by atoms with Gasteiger partial charge in [-0.2, -0.15) is 0 Å². The van der Waals surface area contributed by atoms with E-state index in [1.165, 1.54) is 5.56 Å². The second-order valence-corrected chi connectivity index (χ2v) is 6.82. The zero-order valence-corrected chi connectivity index (χ0v) is 15.4. The highest BCUT2D eigenvalue weighted by atomic mass is 16.5. The van der Waals surface area contributed by atoms with Gasteiger partial charge in [0.25, 0.3) is 0 Å². The number of phenols is 1. The normalized spacial score (nSPS) is 13.2. The Labute approximate surface area is 150 Å². The van der Waals surface area contributed by atoms with Crippen molar-refractivity contribution in [2.75, 3.05) is 6.61 Å². The van der Waals surface area contributed by atoms with E-state index in [-0.39, 0.29) is 17.1 Å². The monoisotopic (exact) mass is 340 g/mol. The van der Waals surface area contributed by atoms with E-state index < -0.39 is 0 Å². The summed E-state index contributed by atoms with van der Waals surface area (Å²) in [7, 11) is 0. The lowest BCUT2D eigenvalue weighted by atomic mass is 9.73. The van der Waals surface area contributed by atoms with Crippen LogP contribution in [0.3, 0.4) is 0 Å². The molecule has 0 bridgehead atoms. The maximum Gasteiger partial charge on any atom is 0.305 e. The third kappa shape index (κ3) is 5.09. The summed E-state index contributed by atoms with van der Waals surface area (Å²) in [5.74, 6) is 0.0968. The van der Waals surface area contributed by atoms with E-state index in [1.807, 2.05) is 12.1 Å². The Morgan fingerprint density at radius 2 is 1.60 bits per heavy atom. The number of rotatable bonds is 8. The Morgan fingerprint density at radius 3 is 2.16 bits per heavy atom. The molecule has 0 amide bonds. The van der Waals surface area contributed by atoms with Crippen molar-refractivity contribution < 1.29 is 14.6 Å². The van der Waals surface area contributed by atoms with Gasteiger partial charge in [0.15, 0.2) is 0 Å². The highest BCUT2D eigenvalue weighted by Crippen LogP contribution is 2.37. The standard InChI is InChI=1S/C22H28O3/c1-4-5-16-25-21(24)14-15-22(3,18-8-6-17(2)7-9-18)19-10-12-20(23)13-11-19/h6-13,23H,4-5,14-16H2,1-3H3. The number of hydrogen-bond acceptors (Lipinski definition) is 3. The van der Waals surface area contributed by atoms with E-state index >= 15 is 0 Å². The lowest BCUT2D eigenvalue weighted by molar-refractivity contribution is -0.144. The quantitative estimate of drug-likeness (QED) is 0.535. The van der Waals surface area contributed by atoms with Crippen molar-refractivity contribution in [2.24, 2.45) is 0 Å².